The number of carbonyl (C=O) groups excluding carboxylic acids is 1. The van der Waals surface area contributed by atoms with Crippen LogP contribution in [0.15, 0.2) is 12.1 Å². The van der Waals surface area contributed by atoms with E-state index in [1.54, 1.807) is 30.5 Å². The second kappa shape index (κ2) is 6.09. The van der Waals surface area contributed by atoms with Gasteiger partial charge >= 0.3 is 5.97 Å². The minimum atomic E-state index is -0.548. The van der Waals surface area contributed by atoms with Gasteiger partial charge < -0.3 is 9.47 Å². The van der Waals surface area contributed by atoms with Gasteiger partial charge in [0.15, 0.2) is 5.65 Å². The highest BCUT2D eigenvalue weighted by molar-refractivity contribution is 6.16. The van der Waals surface area contributed by atoms with Crippen molar-refractivity contribution in [2.24, 2.45) is 0 Å². The van der Waals surface area contributed by atoms with Crippen LogP contribution in [0, 0.1) is 0 Å². The molecule has 0 aromatic carbocycles. The molecular formula is C13H16ClN3O3. The fourth-order valence-electron chi connectivity index (χ4n) is 1.99. The van der Waals surface area contributed by atoms with Crippen LogP contribution in [0.3, 0.4) is 0 Å². The maximum atomic E-state index is 11.9. The lowest BCUT2D eigenvalue weighted by molar-refractivity contribution is -0.146. The highest BCUT2D eigenvalue weighted by Gasteiger charge is 2.23. The Morgan fingerprint density at radius 2 is 2.20 bits per heavy atom. The van der Waals surface area contributed by atoms with Gasteiger partial charge in [0, 0.05) is 6.07 Å². The van der Waals surface area contributed by atoms with Crippen molar-refractivity contribution in [2.75, 3.05) is 13.7 Å². The van der Waals surface area contributed by atoms with E-state index in [2.05, 4.69) is 9.97 Å². The van der Waals surface area contributed by atoms with Crippen LogP contribution in [0.2, 0.25) is 0 Å². The molecule has 1 unspecified atom stereocenters. The molecule has 0 N–H and O–H groups in total. The van der Waals surface area contributed by atoms with E-state index in [9.17, 15) is 4.79 Å². The Morgan fingerprint density at radius 3 is 2.80 bits per heavy atom. The Balaban J connectivity index is 2.56. The molecule has 0 amide bonds. The number of hydrogen-bond donors (Lipinski definition) is 0. The van der Waals surface area contributed by atoms with Gasteiger partial charge in [-0.1, -0.05) is 0 Å². The lowest BCUT2D eigenvalue weighted by Crippen LogP contribution is -2.21. The average molecular weight is 298 g/mol. The Kier molecular flexibility index (Phi) is 4.44. The molecule has 0 radical (unpaired) electrons. The summed E-state index contributed by atoms with van der Waals surface area (Å²) >= 11 is 5.91. The van der Waals surface area contributed by atoms with Crippen molar-refractivity contribution >= 4 is 28.7 Å². The monoisotopic (exact) mass is 297 g/mol. The zero-order valence-electron chi connectivity index (χ0n) is 11.6. The third kappa shape index (κ3) is 2.56. The molecule has 0 aliphatic heterocycles. The molecule has 0 fully saturated rings. The van der Waals surface area contributed by atoms with Crippen LogP contribution in [0.1, 0.15) is 25.7 Å². The van der Waals surface area contributed by atoms with Gasteiger partial charge in [-0.25, -0.2) is 9.78 Å². The predicted molar refractivity (Wildman–Crippen MR) is 75.0 cm³/mol. The molecule has 2 aromatic rings. The molecule has 108 valence electrons. The molecular weight excluding hydrogens is 282 g/mol. The zero-order valence-corrected chi connectivity index (χ0v) is 12.3. The van der Waals surface area contributed by atoms with Gasteiger partial charge in [-0.2, -0.15) is 4.98 Å². The SMILES string of the molecule is CCOC(=O)C(C)n1c(CCl)nc2ccc(OC)nc21. The molecule has 2 rings (SSSR count). The van der Waals surface area contributed by atoms with E-state index in [0.29, 0.717) is 29.5 Å². The first-order chi connectivity index (χ1) is 9.62. The third-order valence-corrected chi connectivity index (χ3v) is 3.17. The van der Waals surface area contributed by atoms with Crippen molar-refractivity contribution in [3.05, 3.63) is 18.0 Å². The second-order valence-corrected chi connectivity index (χ2v) is 4.42. The zero-order chi connectivity index (χ0) is 14.7. The van der Waals surface area contributed by atoms with Crippen LogP contribution in [0.5, 0.6) is 5.88 Å². The van der Waals surface area contributed by atoms with E-state index < -0.39 is 6.04 Å². The number of aromatic nitrogens is 3. The summed E-state index contributed by atoms with van der Waals surface area (Å²) < 4.78 is 11.8. The van der Waals surface area contributed by atoms with Crippen molar-refractivity contribution in [2.45, 2.75) is 25.8 Å². The summed E-state index contributed by atoms with van der Waals surface area (Å²) in [5, 5.41) is 0. The maximum absolute atomic E-state index is 11.9. The average Bonchev–Trinajstić information content (AvgIpc) is 2.83. The molecule has 0 aliphatic rings. The Morgan fingerprint density at radius 1 is 1.45 bits per heavy atom. The van der Waals surface area contributed by atoms with Crippen molar-refractivity contribution in [3.8, 4) is 5.88 Å². The first-order valence-corrected chi connectivity index (χ1v) is 6.80. The number of methoxy groups -OCH3 is 1. The molecule has 6 nitrogen and oxygen atoms in total. The second-order valence-electron chi connectivity index (χ2n) is 4.16. The number of nitrogens with zero attached hydrogens (tertiary/aromatic N) is 3. The maximum Gasteiger partial charge on any atom is 0.328 e. The van der Waals surface area contributed by atoms with Crippen LogP contribution in [0.25, 0.3) is 11.2 Å². The van der Waals surface area contributed by atoms with Crippen molar-refractivity contribution in [1.82, 2.24) is 14.5 Å². The summed E-state index contributed by atoms with van der Waals surface area (Å²) in [7, 11) is 1.53. The number of rotatable bonds is 5. The molecule has 0 saturated heterocycles. The smallest absolute Gasteiger partial charge is 0.328 e. The normalized spacial score (nSPS) is 12.4. The first-order valence-electron chi connectivity index (χ1n) is 6.26. The number of alkyl halides is 1. The molecule has 2 heterocycles. The standard InChI is InChI=1S/C13H16ClN3O3/c1-4-20-13(18)8(2)17-10(7-14)15-9-5-6-11(19-3)16-12(9)17/h5-6,8H,4,7H2,1-3H3. The number of fused-ring (bicyclic) bond motifs is 1. The van der Waals surface area contributed by atoms with Gasteiger partial charge in [-0.05, 0) is 19.9 Å². The van der Waals surface area contributed by atoms with Gasteiger partial charge in [-0.15, -0.1) is 11.6 Å². The highest BCUT2D eigenvalue weighted by Crippen LogP contribution is 2.23. The molecule has 0 bridgehead atoms. The summed E-state index contributed by atoms with van der Waals surface area (Å²) in [6, 6.07) is 2.95. The van der Waals surface area contributed by atoms with E-state index >= 15 is 0 Å². The quantitative estimate of drug-likeness (QED) is 0.626. The summed E-state index contributed by atoms with van der Waals surface area (Å²) in [5.41, 5.74) is 1.22. The summed E-state index contributed by atoms with van der Waals surface area (Å²) in [5.74, 6) is 0.865. The summed E-state index contributed by atoms with van der Waals surface area (Å²) in [6.07, 6.45) is 0. The number of halogens is 1. The molecule has 2 aromatic heterocycles. The van der Waals surface area contributed by atoms with Crippen LogP contribution in [-0.4, -0.2) is 34.2 Å². The van der Waals surface area contributed by atoms with E-state index in [-0.39, 0.29) is 11.8 Å². The van der Waals surface area contributed by atoms with E-state index in [4.69, 9.17) is 21.1 Å². The topological polar surface area (TPSA) is 66.2 Å². The van der Waals surface area contributed by atoms with Crippen molar-refractivity contribution in [1.29, 1.82) is 0 Å². The van der Waals surface area contributed by atoms with Crippen LogP contribution >= 0.6 is 11.6 Å². The molecule has 0 saturated carbocycles. The minimum Gasteiger partial charge on any atom is -0.481 e. The first kappa shape index (κ1) is 14.6. The minimum absolute atomic E-state index is 0.183. The largest absolute Gasteiger partial charge is 0.481 e. The third-order valence-electron chi connectivity index (χ3n) is 2.93. The molecule has 1 atom stereocenters. The number of imidazole rings is 1. The highest BCUT2D eigenvalue weighted by atomic mass is 35.5. The van der Waals surface area contributed by atoms with Crippen LogP contribution < -0.4 is 4.74 Å². The van der Waals surface area contributed by atoms with E-state index in [0.717, 1.165) is 0 Å². The summed E-state index contributed by atoms with van der Waals surface area (Å²) in [4.78, 5) is 20.6. The van der Waals surface area contributed by atoms with E-state index in [1.807, 2.05) is 0 Å². The summed E-state index contributed by atoms with van der Waals surface area (Å²) in [6.45, 7) is 3.82. The number of pyridine rings is 1. The van der Waals surface area contributed by atoms with Gasteiger partial charge in [0.1, 0.15) is 17.4 Å². The van der Waals surface area contributed by atoms with Gasteiger partial charge in [0.2, 0.25) is 5.88 Å². The van der Waals surface area contributed by atoms with Gasteiger partial charge in [0.05, 0.1) is 19.6 Å². The Bertz CT molecular complexity index is 627. The van der Waals surface area contributed by atoms with E-state index in [1.165, 1.54) is 7.11 Å². The number of hydrogen-bond acceptors (Lipinski definition) is 5. The van der Waals surface area contributed by atoms with Crippen molar-refractivity contribution < 1.29 is 14.3 Å². The fraction of sp³-hybridized carbons (Fsp3) is 0.462. The van der Waals surface area contributed by atoms with Crippen molar-refractivity contribution in [3.63, 3.8) is 0 Å². The fourth-order valence-corrected chi connectivity index (χ4v) is 2.18. The van der Waals surface area contributed by atoms with Crippen LogP contribution in [-0.2, 0) is 15.4 Å². The lowest BCUT2D eigenvalue weighted by atomic mass is 10.3. The van der Waals surface area contributed by atoms with Gasteiger partial charge in [-0.3, -0.25) is 4.57 Å². The predicted octanol–water partition coefficient (Wildman–Crippen LogP) is 2.30. The Hall–Kier alpha value is -1.82. The lowest BCUT2D eigenvalue weighted by Gasteiger charge is -2.15. The molecule has 20 heavy (non-hydrogen) atoms. The number of ether oxygens (including phenoxy) is 2. The van der Waals surface area contributed by atoms with Gasteiger partial charge in [0.25, 0.3) is 0 Å². The van der Waals surface area contributed by atoms with Crippen LogP contribution in [0.4, 0.5) is 0 Å². The molecule has 0 aliphatic carbocycles. The number of esters is 1. The molecule has 0 spiro atoms. The number of carbonyl (C=O) groups is 1. The molecule has 7 heteroatoms. The Labute approximate surface area is 121 Å².